The molecule has 1 N–H and O–H groups in total. The summed E-state index contributed by atoms with van der Waals surface area (Å²) in [6.07, 6.45) is 8.83. The van der Waals surface area contributed by atoms with E-state index < -0.39 is 0 Å². The van der Waals surface area contributed by atoms with Crippen molar-refractivity contribution in [2.24, 2.45) is 0 Å². The summed E-state index contributed by atoms with van der Waals surface area (Å²) >= 11 is 0. The van der Waals surface area contributed by atoms with Crippen LogP contribution in [-0.2, 0) is 6.42 Å². The predicted octanol–water partition coefficient (Wildman–Crippen LogP) is 2.61. The van der Waals surface area contributed by atoms with Crippen LogP contribution in [0.5, 0.6) is 0 Å². The lowest BCUT2D eigenvalue weighted by Crippen LogP contribution is -1.86. The molecule has 0 atom stereocenters. The van der Waals surface area contributed by atoms with Crippen LogP contribution in [0.4, 0.5) is 0 Å². The fourth-order valence-electron chi connectivity index (χ4n) is 1.12. The van der Waals surface area contributed by atoms with Crippen LogP contribution >= 0.6 is 0 Å². The van der Waals surface area contributed by atoms with Gasteiger partial charge in [0.15, 0.2) is 0 Å². The third-order valence-electron chi connectivity index (χ3n) is 1.93. The minimum atomic E-state index is 1.01. The summed E-state index contributed by atoms with van der Waals surface area (Å²) in [4.78, 5) is 3.96. The summed E-state index contributed by atoms with van der Waals surface area (Å²) in [6, 6.07) is 4.05. The Morgan fingerprint density at radius 2 is 2.15 bits per heavy atom. The molecule has 0 bridgehead atoms. The van der Waals surface area contributed by atoms with Gasteiger partial charge in [0, 0.05) is 18.6 Å². The number of rotatable bonds is 4. The zero-order valence-corrected chi connectivity index (χ0v) is 7.83. The third kappa shape index (κ3) is 3.65. The molecule has 0 fully saturated rings. The first-order valence-corrected chi connectivity index (χ1v) is 4.38. The standard InChI is InChI=1S/C11H14N2/c1-10(4-7-12)2-3-11-5-8-13-9-6-11/h4-9,12H,2-3H2,1H3/b10-4+,12-7?. The molecule has 1 heterocycles. The number of nitrogens with one attached hydrogen (secondary N) is 1. The lowest BCUT2D eigenvalue weighted by Gasteiger charge is -2.00. The normalized spacial score (nSPS) is 11.3. The van der Waals surface area contributed by atoms with Crippen LogP contribution in [0, 0.1) is 5.41 Å². The number of hydrogen-bond donors (Lipinski definition) is 1. The molecule has 0 aliphatic carbocycles. The van der Waals surface area contributed by atoms with Gasteiger partial charge in [-0.2, -0.15) is 0 Å². The molecule has 0 saturated heterocycles. The first-order chi connectivity index (χ1) is 6.33. The van der Waals surface area contributed by atoms with Gasteiger partial charge in [0.05, 0.1) is 0 Å². The molecule has 1 aromatic rings. The van der Waals surface area contributed by atoms with Gasteiger partial charge in [0.25, 0.3) is 0 Å². The molecule has 0 aromatic carbocycles. The van der Waals surface area contributed by atoms with Crippen molar-refractivity contribution in [2.75, 3.05) is 0 Å². The van der Waals surface area contributed by atoms with Gasteiger partial charge in [-0.3, -0.25) is 4.98 Å². The highest BCUT2D eigenvalue weighted by molar-refractivity contribution is 5.68. The molecule has 1 rings (SSSR count). The van der Waals surface area contributed by atoms with Crippen molar-refractivity contribution in [3.05, 3.63) is 41.7 Å². The Kier molecular flexibility index (Phi) is 3.89. The van der Waals surface area contributed by atoms with Crippen LogP contribution in [0.25, 0.3) is 0 Å². The van der Waals surface area contributed by atoms with E-state index >= 15 is 0 Å². The zero-order chi connectivity index (χ0) is 9.52. The molecule has 2 heteroatoms. The van der Waals surface area contributed by atoms with Crippen molar-refractivity contribution < 1.29 is 0 Å². The largest absolute Gasteiger partial charge is 0.309 e. The number of hydrogen-bond acceptors (Lipinski definition) is 2. The second-order valence-corrected chi connectivity index (χ2v) is 3.04. The Bertz CT molecular complexity index is 288. The number of pyridine rings is 1. The fraction of sp³-hybridized carbons (Fsp3) is 0.273. The summed E-state index contributed by atoms with van der Waals surface area (Å²) in [7, 11) is 0. The van der Waals surface area contributed by atoms with Gasteiger partial charge >= 0.3 is 0 Å². The number of allylic oxidation sites excluding steroid dienone is 2. The smallest absolute Gasteiger partial charge is 0.0270 e. The number of nitrogens with zero attached hydrogens (tertiary/aromatic N) is 1. The van der Waals surface area contributed by atoms with Crippen LogP contribution in [0.15, 0.2) is 36.2 Å². The lowest BCUT2D eigenvalue weighted by atomic mass is 10.1. The van der Waals surface area contributed by atoms with Crippen LogP contribution in [0.1, 0.15) is 18.9 Å². The topological polar surface area (TPSA) is 36.7 Å². The summed E-state index contributed by atoms with van der Waals surface area (Å²) in [6.45, 7) is 2.05. The highest BCUT2D eigenvalue weighted by Crippen LogP contribution is 2.06. The molecular formula is C11H14N2. The maximum Gasteiger partial charge on any atom is 0.0270 e. The minimum absolute atomic E-state index is 1.01. The van der Waals surface area contributed by atoms with E-state index in [1.54, 1.807) is 0 Å². The first-order valence-electron chi connectivity index (χ1n) is 4.38. The average Bonchev–Trinajstić information content (AvgIpc) is 2.17. The molecule has 2 nitrogen and oxygen atoms in total. The average molecular weight is 174 g/mol. The van der Waals surface area contributed by atoms with Crippen molar-refractivity contribution in [2.45, 2.75) is 19.8 Å². The van der Waals surface area contributed by atoms with Crippen molar-refractivity contribution in [1.82, 2.24) is 4.98 Å². The van der Waals surface area contributed by atoms with Crippen molar-refractivity contribution >= 4 is 6.21 Å². The van der Waals surface area contributed by atoms with Crippen LogP contribution in [0.2, 0.25) is 0 Å². The molecule has 0 unspecified atom stereocenters. The highest BCUT2D eigenvalue weighted by Gasteiger charge is 1.92. The number of aryl methyl sites for hydroxylation is 1. The van der Waals surface area contributed by atoms with E-state index in [-0.39, 0.29) is 0 Å². The maximum atomic E-state index is 6.90. The maximum absolute atomic E-state index is 6.90. The Balaban J connectivity index is 2.44. The Hall–Kier alpha value is -1.44. The van der Waals surface area contributed by atoms with E-state index in [0.29, 0.717) is 0 Å². The Morgan fingerprint density at radius 3 is 2.77 bits per heavy atom. The number of aromatic nitrogens is 1. The molecule has 0 aliphatic heterocycles. The van der Waals surface area contributed by atoms with E-state index in [4.69, 9.17) is 5.41 Å². The van der Waals surface area contributed by atoms with E-state index in [1.165, 1.54) is 17.4 Å². The second-order valence-electron chi connectivity index (χ2n) is 3.04. The lowest BCUT2D eigenvalue weighted by molar-refractivity contribution is 0.939. The van der Waals surface area contributed by atoms with Gasteiger partial charge in [-0.15, -0.1) is 0 Å². The van der Waals surface area contributed by atoms with E-state index in [2.05, 4.69) is 4.98 Å². The van der Waals surface area contributed by atoms with Gasteiger partial charge in [0.1, 0.15) is 0 Å². The van der Waals surface area contributed by atoms with Gasteiger partial charge in [-0.1, -0.05) is 5.57 Å². The quantitative estimate of drug-likeness (QED) is 0.700. The SMILES string of the molecule is C/C(=C\C=N)CCc1ccncc1. The van der Waals surface area contributed by atoms with Crippen molar-refractivity contribution in [1.29, 1.82) is 5.41 Å². The molecule has 13 heavy (non-hydrogen) atoms. The highest BCUT2D eigenvalue weighted by atomic mass is 14.6. The van der Waals surface area contributed by atoms with E-state index in [1.807, 2.05) is 37.5 Å². The van der Waals surface area contributed by atoms with E-state index in [9.17, 15) is 0 Å². The summed E-state index contributed by atoms with van der Waals surface area (Å²) < 4.78 is 0. The van der Waals surface area contributed by atoms with Crippen molar-refractivity contribution in [3.63, 3.8) is 0 Å². The second kappa shape index (κ2) is 5.25. The summed E-state index contributed by atoms with van der Waals surface area (Å²) in [5.41, 5.74) is 2.54. The first kappa shape index (κ1) is 9.65. The molecule has 68 valence electrons. The van der Waals surface area contributed by atoms with E-state index in [0.717, 1.165) is 12.8 Å². The summed E-state index contributed by atoms with van der Waals surface area (Å²) in [5.74, 6) is 0. The molecular weight excluding hydrogens is 160 g/mol. The Labute approximate surface area is 78.8 Å². The molecule has 0 aliphatic rings. The third-order valence-corrected chi connectivity index (χ3v) is 1.93. The minimum Gasteiger partial charge on any atom is -0.309 e. The molecule has 1 aromatic heterocycles. The van der Waals surface area contributed by atoms with Crippen LogP contribution < -0.4 is 0 Å². The van der Waals surface area contributed by atoms with Crippen LogP contribution in [-0.4, -0.2) is 11.2 Å². The zero-order valence-electron chi connectivity index (χ0n) is 7.83. The van der Waals surface area contributed by atoms with Gasteiger partial charge < -0.3 is 5.41 Å². The molecule has 0 radical (unpaired) electrons. The predicted molar refractivity (Wildman–Crippen MR) is 55.1 cm³/mol. The van der Waals surface area contributed by atoms with Gasteiger partial charge in [-0.25, -0.2) is 0 Å². The monoisotopic (exact) mass is 174 g/mol. The van der Waals surface area contributed by atoms with Crippen molar-refractivity contribution in [3.8, 4) is 0 Å². The molecule has 0 amide bonds. The molecule has 0 saturated carbocycles. The Morgan fingerprint density at radius 1 is 1.46 bits per heavy atom. The van der Waals surface area contributed by atoms with Crippen LogP contribution in [0.3, 0.4) is 0 Å². The molecule has 0 spiro atoms. The van der Waals surface area contributed by atoms with Gasteiger partial charge in [0.2, 0.25) is 0 Å². The summed E-state index contributed by atoms with van der Waals surface area (Å²) in [5, 5.41) is 6.90. The van der Waals surface area contributed by atoms with Gasteiger partial charge in [-0.05, 0) is 43.5 Å². The fourth-order valence-corrected chi connectivity index (χ4v) is 1.12.